The van der Waals surface area contributed by atoms with E-state index >= 15 is 0 Å². The van der Waals surface area contributed by atoms with Crippen LogP contribution in [0.3, 0.4) is 0 Å². The number of nitrogens with zero attached hydrogens (tertiary/aromatic N) is 1. The van der Waals surface area contributed by atoms with Crippen LogP contribution < -0.4 is 14.8 Å². The summed E-state index contributed by atoms with van der Waals surface area (Å²) in [5.41, 5.74) is 1.75. The van der Waals surface area contributed by atoms with Gasteiger partial charge in [-0.15, -0.1) is 0 Å². The fourth-order valence-electron chi connectivity index (χ4n) is 2.59. The third-order valence-electron chi connectivity index (χ3n) is 3.81. The Morgan fingerprint density at radius 3 is 2.85 bits per heavy atom. The van der Waals surface area contributed by atoms with Crippen molar-refractivity contribution >= 4 is 40.9 Å². The number of nitriles is 1. The first-order valence-corrected chi connectivity index (χ1v) is 8.66. The summed E-state index contributed by atoms with van der Waals surface area (Å²) in [6.07, 6.45) is 3.26. The lowest BCUT2D eigenvalue weighted by molar-refractivity contribution is -0.112. The van der Waals surface area contributed by atoms with Gasteiger partial charge in [-0.05, 0) is 42.0 Å². The second-order valence-corrected chi connectivity index (χ2v) is 6.48. The summed E-state index contributed by atoms with van der Waals surface area (Å²) in [6, 6.07) is 12.2. The quantitative estimate of drug-likeness (QED) is 0.586. The molecular formula is C20H14Cl2N2O3. The van der Waals surface area contributed by atoms with Gasteiger partial charge in [0.2, 0.25) is 0 Å². The first-order chi connectivity index (χ1) is 13.0. The number of anilines is 1. The third-order valence-corrected chi connectivity index (χ3v) is 4.31. The molecular weight excluding hydrogens is 387 g/mol. The van der Waals surface area contributed by atoms with Crippen LogP contribution in [-0.2, 0) is 4.79 Å². The predicted molar refractivity (Wildman–Crippen MR) is 105 cm³/mol. The second-order valence-electron chi connectivity index (χ2n) is 5.64. The molecule has 1 amide bonds. The Labute approximate surface area is 166 Å². The van der Waals surface area contributed by atoms with Crippen molar-refractivity contribution in [3.8, 4) is 17.6 Å². The van der Waals surface area contributed by atoms with E-state index in [1.165, 1.54) is 13.2 Å². The van der Waals surface area contributed by atoms with Crippen molar-refractivity contribution in [2.75, 3.05) is 19.0 Å². The minimum Gasteiger partial charge on any atom is -0.495 e. The van der Waals surface area contributed by atoms with E-state index < -0.39 is 5.91 Å². The Bertz CT molecular complexity index is 1010. The molecule has 2 aromatic carbocycles. The molecule has 1 aliphatic heterocycles. The molecule has 3 rings (SSSR count). The molecule has 2 aromatic rings. The van der Waals surface area contributed by atoms with Gasteiger partial charge in [-0.2, -0.15) is 5.26 Å². The summed E-state index contributed by atoms with van der Waals surface area (Å²) in [6.45, 7) is 0.182. The number of amides is 1. The molecule has 0 radical (unpaired) electrons. The maximum atomic E-state index is 12.5. The number of carbonyl (C=O) groups excluding carboxylic acids is 1. The lowest BCUT2D eigenvalue weighted by Gasteiger charge is -2.18. The van der Waals surface area contributed by atoms with Gasteiger partial charge in [0.25, 0.3) is 5.91 Å². The molecule has 0 saturated carbocycles. The molecule has 5 nitrogen and oxygen atoms in total. The fourth-order valence-corrected chi connectivity index (χ4v) is 3.16. The van der Waals surface area contributed by atoms with Crippen molar-refractivity contribution in [1.29, 1.82) is 5.26 Å². The van der Waals surface area contributed by atoms with Crippen LogP contribution in [0, 0.1) is 11.3 Å². The number of halogens is 2. The average Bonchev–Trinajstić information content (AvgIpc) is 2.66. The third kappa shape index (κ3) is 4.25. The van der Waals surface area contributed by atoms with Gasteiger partial charge in [-0.1, -0.05) is 35.3 Å². The summed E-state index contributed by atoms with van der Waals surface area (Å²) in [5.74, 6) is 0.481. The van der Waals surface area contributed by atoms with E-state index in [0.29, 0.717) is 38.4 Å². The summed E-state index contributed by atoms with van der Waals surface area (Å²) in [5, 5.41) is 12.9. The Kier molecular flexibility index (Phi) is 5.70. The van der Waals surface area contributed by atoms with Crippen molar-refractivity contribution in [3.05, 3.63) is 69.2 Å². The summed E-state index contributed by atoms with van der Waals surface area (Å²) >= 11 is 12.1. The molecule has 0 unspecified atom stereocenters. The van der Waals surface area contributed by atoms with Crippen molar-refractivity contribution in [3.63, 3.8) is 0 Å². The van der Waals surface area contributed by atoms with Crippen LogP contribution in [0.15, 0.2) is 53.6 Å². The SMILES string of the molecule is COc1ccccc1NC(=O)C(C#N)=CC1=Cc2cc(Cl)cc(Cl)c2OC1. The monoisotopic (exact) mass is 400 g/mol. The number of ether oxygens (including phenoxy) is 2. The van der Waals surface area contributed by atoms with Crippen molar-refractivity contribution < 1.29 is 14.3 Å². The highest BCUT2D eigenvalue weighted by Crippen LogP contribution is 2.36. The van der Waals surface area contributed by atoms with E-state index in [1.54, 1.807) is 42.5 Å². The van der Waals surface area contributed by atoms with Gasteiger partial charge in [0.15, 0.2) is 0 Å². The fraction of sp³-hybridized carbons (Fsp3) is 0.100. The molecule has 0 atom stereocenters. The van der Waals surface area contributed by atoms with Crippen LogP contribution in [0.4, 0.5) is 5.69 Å². The zero-order chi connectivity index (χ0) is 19.4. The van der Waals surface area contributed by atoms with Crippen molar-refractivity contribution in [2.24, 2.45) is 0 Å². The summed E-state index contributed by atoms with van der Waals surface area (Å²) in [7, 11) is 1.50. The number of hydrogen-bond donors (Lipinski definition) is 1. The lowest BCUT2D eigenvalue weighted by Crippen LogP contribution is -2.15. The Morgan fingerprint density at radius 2 is 2.11 bits per heavy atom. The second kappa shape index (κ2) is 8.17. The van der Waals surface area contributed by atoms with Crippen LogP contribution in [0.2, 0.25) is 10.0 Å². The van der Waals surface area contributed by atoms with Gasteiger partial charge in [0.1, 0.15) is 29.7 Å². The van der Waals surface area contributed by atoms with E-state index in [2.05, 4.69) is 5.32 Å². The molecule has 7 heteroatoms. The normalized spacial score (nSPS) is 13.0. The molecule has 0 fully saturated rings. The maximum absolute atomic E-state index is 12.5. The minimum absolute atomic E-state index is 0.0627. The van der Waals surface area contributed by atoms with E-state index in [-0.39, 0.29) is 12.2 Å². The highest BCUT2D eigenvalue weighted by atomic mass is 35.5. The number of fused-ring (bicyclic) bond motifs is 1. The van der Waals surface area contributed by atoms with Crippen LogP contribution >= 0.6 is 23.2 Å². The number of nitrogens with one attached hydrogen (secondary N) is 1. The number of hydrogen-bond acceptors (Lipinski definition) is 4. The molecule has 0 spiro atoms. The van der Waals surface area contributed by atoms with Crippen LogP contribution in [-0.4, -0.2) is 19.6 Å². The number of rotatable bonds is 4. The Morgan fingerprint density at radius 1 is 1.33 bits per heavy atom. The average molecular weight is 401 g/mol. The molecule has 1 aliphatic rings. The Hall–Kier alpha value is -2.94. The first-order valence-electron chi connectivity index (χ1n) is 7.90. The largest absolute Gasteiger partial charge is 0.495 e. The Balaban J connectivity index is 1.87. The topological polar surface area (TPSA) is 71.3 Å². The molecule has 27 heavy (non-hydrogen) atoms. The van der Waals surface area contributed by atoms with E-state index in [9.17, 15) is 10.1 Å². The van der Waals surface area contributed by atoms with E-state index in [1.807, 2.05) is 6.07 Å². The number of benzene rings is 2. The van der Waals surface area contributed by atoms with Gasteiger partial charge in [0, 0.05) is 10.6 Å². The van der Waals surface area contributed by atoms with Gasteiger partial charge in [0.05, 0.1) is 17.8 Å². The standard InChI is InChI=1S/C20H14Cl2N2O3/c1-26-18-5-3-2-4-17(18)24-20(25)14(10-23)7-12-6-13-8-15(21)9-16(22)19(13)27-11-12/h2-9H,11H2,1H3,(H,24,25). The predicted octanol–water partition coefficient (Wildman–Crippen LogP) is 4.87. The van der Waals surface area contributed by atoms with Gasteiger partial charge in [-0.3, -0.25) is 4.79 Å². The van der Waals surface area contributed by atoms with Crippen molar-refractivity contribution in [2.45, 2.75) is 0 Å². The van der Waals surface area contributed by atoms with Crippen molar-refractivity contribution in [1.82, 2.24) is 0 Å². The first kappa shape index (κ1) is 18.8. The van der Waals surface area contributed by atoms with Gasteiger partial charge in [-0.25, -0.2) is 0 Å². The molecule has 0 saturated heterocycles. The lowest BCUT2D eigenvalue weighted by atomic mass is 10.0. The number of para-hydroxylation sites is 2. The maximum Gasteiger partial charge on any atom is 0.266 e. The zero-order valence-electron chi connectivity index (χ0n) is 14.3. The van der Waals surface area contributed by atoms with Gasteiger partial charge < -0.3 is 14.8 Å². The van der Waals surface area contributed by atoms with E-state index in [4.69, 9.17) is 32.7 Å². The van der Waals surface area contributed by atoms with Crippen LogP contribution in [0.25, 0.3) is 6.08 Å². The van der Waals surface area contributed by atoms with E-state index in [0.717, 1.165) is 0 Å². The molecule has 0 aromatic heterocycles. The highest BCUT2D eigenvalue weighted by molar-refractivity contribution is 6.36. The minimum atomic E-state index is -0.544. The molecule has 1 N–H and O–H groups in total. The zero-order valence-corrected chi connectivity index (χ0v) is 15.8. The number of carbonyl (C=O) groups is 1. The molecule has 136 valence electrons. The molecule has 0 aliphatic carbocycles. The molecule has 1 heterocycles. The van der Waals surface area contributed by atoms with Crippen LogP contribution in [0.1, 0.15) is 5.56 Å². The number of methoxy groups -OCH3 is 1. The summed E-state index contributed by atoms with van der Waals surface area (Å²) in [4.78, 5) is 12.5. The smallest absolute Gasteiger partial charge is 0.266 e. The highest BCUT2D eigenvalue weighted by Gasteiger charge is 2.17. The van der Waals surface area contributed by atoms with Crippen LogP contribution in [0.5, 0.6) is 11.5 Å². The molecule has 0 bridgehead atoms. The summed E-state index contributed by atoms with van der Waals surface area (Å²) < 4.78 is 10.8. The van der Waals surface area contributed by atoms with Gasteiger partial charge >= 0.3 is 0 Å².